The second-order valence-electron chi connectivity index (χ2n) is 3.18. The fraction of sp³-hybridized carbons (Fsp3) is 0.400. The van der Waals surface area contributed by atoms with Gasteiger partial charge in [-0.3, -0.25) is 10.1 Å². The fourth-order valence-electron chi connectivity index (χ4n) is 1.21. The highest BCUT2D eigenvalue weighted by Gasteiger charge is 2.07. The highest BCUT2D eigenvalue weighted by Crippen LogP contribution is 2.14. The Hall–Kier alpha value is -1.42. The van der Waals surface area contributed by atoms with Gasteiger partial charge in [-0.25, -0.2) is 0 Å². The first-order valence-corrected chi connectivity index (χ1v) is 4.39. The van der Waals surface area contributed by atoms with Crippen molar-refractivity contribution in [1.29, 1.82) is 0 Å². The summed E-state index contributed by atoms with van der Waals surface area (Å²) in [6.45, 7) is 1.93. The maximum Gasteiger partial charge on any atom is 0.269 e. The minimum Gasteiger partial charge on any atom is -0.381 e. The predicted molar refractivity (Wildman–Crippen MR) is 53.3 cm³/mol. The Morgan fingerprint density at radius 1 is 1.57 bits per heavy atom. The van der Waals surface area contributed by atoms with E-state index in [4.69, 9.17) is 4.74 Å². The van der Waals surface area contributed by atoms with Gasteiger partial charge in [0, 0.05) is 19.2 Å². The summed E-state index contributed by atoms with van der Waals surface area (Å²) < 4.78 is 5.08. The topological polar surface area (TPSA) is 52.4 Å². The molecular formula is C10H13NO3. The molecule has 0 saturated heterocycles. The SMILES string of the molecule is COC(C)Cc1cccc([N+](=O)[O-])c1. The van der Waals surface area contributed by atoms with Gasteiger partial charge >= 0.3 is 0 Å². The fourth-order valence-corrected chi connectivity index (χ4v) is 1.21. The van der Waals surface area contributed by atoms with Gasteiger partial charge in [-0.15, -0.1) is 0 Å². The Labute approximate surface area is 82.7 Å². The largest absolute Gasteiger partial charge is 0.381 e. The quantitative estimate of drug-likeness (QED) is 0.546. The molecule has 0 spiro atoms. The summed E-state index contributed by atoms with van der Waals surface area (Å²) in [6.07, 6.45) is 0.773. The van der Waals surface area contributed by atoms with E-state index in [1.807, 2.05) is 13.0 Å². The molecule has 0 saturated carbocycles. The lowest BCUT2D eigenvalue weighted by atomic mass is 10.1. The van der Waals surface area contributed by atoms with E-state index in [1.165, 1.54) is 6.07 Å². The van der Waals surface area contributed by atoms with E-state index in [0.29, 0.717) is 6.42 Å². The number of benzene rings is 1. The normalized spacial score (nSPS) is 12.4. The van der Waals surface area contributed by atoms with E-state index >= 15 is 0 Å². The summed E-state index contributed by atoms with van der Waals surface area (Å²) in [5.41, 5.74) is 1.05. The van der Waals surface area contributed by atoms with Crippen molar-refractivity contribution >= 4 is 5.69 Å². The van der Waals surface area contributed by atoms with Crippen LogP contribution in [0.25, 0.3) is 0 Å². The minimum atomic E-state index is -0.388. The van der Waals surface area contributed by atoms with Gasteiger partial charge in [0.05, 0.1) is 11.0 Å². The Morgan fingerprint density at radius 2 is 2.29 bits per heavy atom. The third-order valence-electron chi connectivity index (χ3n) is 2.05. The van der Waals surface area contributed by atoms with Gasteiger partial charge in [-0.1, -0.05) is 12.1 Å². The molecule has 1 aromatic carbocycles. The maximum absolute atomic E-state index is 10.5. The van der Waals surface area contributed by atoms with Gasteiger partial charge in [0.2, 0.25) is 0 Å². The van der Waals surface area contributed by atoms with Crippen LogP contribution in [0.1, 0.15) is 12.5 Å². The molecule has 0 radical (unpaired) electrons. The van der Waals surface area contributed by atoms with E-state index in [1.54, 1.807) is 19.2 Å². The minimum absolute atomic E-state index is 0.0806. The zero-order chi connectivity index (χ0) is 10.6. The van der Waals surface area contributed by atoms with Crippen molar-refractivity contribution < 1.29 is 9.66 Å². The highest BCUT2D eigenvalue weighted by atomic mass is 16.6. The highest BCUT2D eigenvalue weighted by molar-refractivity contribution is 5.34. The van der Waals surface area contributed by atoms with Crippen LogP contribution >= 0.6 is 0 Å². The number of nitrogens with zero attached hydrogens (tertiary/aromatic N) is 1. The van der Waals surface area contributed by atoms with Crippen LogP contribution in [0.15, 0.2) is 24.3 Å². The molecule has 0 aliphatic rings. The van der Waals surface area contributed by atoms with Crippen LogP contribution in [-0.4, -0.2) is 18.1 Å². The molecule has 0 fully saturated rings. The predicted octanol–water partition coefficient (Wildman–Crippen LogP) is 2.17. The first-order valence-electron chi connectivity index (χ1n) is 4.39. The van der Waals surface area contributed by atoms with Crippen LogP contribution in [0.2, 0.25) is 0 Å². The number of hydrogen-bond acceptors (Lipinski definition) is 3. The van der Waals surface area contributed by atoms with Crippen molar-refractivity contribution in [3.63, 3.8) is 0 Å². The van der Waals surface area contributed by atoms with E-state index in [9.17, 15) is 10.1 Å². The Kier molecular flexibility index (Phi) is 3.59. The molecule has 0 aliphatic heterocycles. The second-order valence-corrected chi connectivity index (χ2v) is 3.18. The summed E-state index contributed by atoms with van der Waals surface area (Å²) in [7, 11) is 1.63. The Balaban J connectivity index is 2.78. The molecule has 0 amide bonds. The number of non-ortho nitro benzene ring substituents is 1. The average Bonchev–Trinajstić information content (AvgIpc) is 2.18. The number of methoxy groups -OCH3 is 1. The molecule has 1 rings (SSSR count). The van der Waals surface area contributed by atoms with Gasteiger partial charge < -0.3 is 4.74 Å². The molecule has 76 valence electrons. The van der Waals surface area contributed by atoms with Crippen LogP contribution in [0.4, 0.5) is 5.69 Å². The van der Waals surface area contributed by atoms with E-state index < -0.39 is 0 Å². The molecule has 1 aromatic rings. The first kappa shape index (κ1) is 10.7. The molecule has 4 heteroatoms. The lowest BCUT2D eigenvalue weighted by Crippen LogP contribution is -2.08. The summed E-state index contributed by atoms with van der Waals surface area (Å²) in [5, 5.41) is 10.5. The van der Waals surface area contributed by atoms with Crippen LogP contribution < -0.4 is 0 Å². The lowest BCUT2D eigenvalue weighted by molar-refractivity contribution is -0.384. The third kappa shape index (κ3) is 2.81. The number of hydrogen-bond donors (Lipinski definition) is 0. The number of nitro groups is 1. The van der Waals surface area contributed by atoms with Crippen molar-refractivity contribution in [2.24, 2.45) is 0 Å². The van der Waals surface area contributed by atoms with Crippen molar-refractivity contribution in [2.45, 2.75) is 19.4 Å². The van der Waals surface area contributed by atoms with Crippen LogP contribution in [-0.2, 0) is 11.2 Å². The van der Waals surface area contributed by atoms with Gasteiger partial charge in [-0.05, 0) is 18.9 Å². The molecule has 4 nitrogen and oxygen atoms in total. The van der Waals surface area contributed by atoms with E-state index in [-0.39, 0.29) is 16.7 Å². The molecule has 0 bridgehead atoms. The van der Waals surface area contributed by atoms with Crippen LogP contribution in [0.3, 0.4) is 0 Å². The Morgan fingerprint density at radius 3 is 2.86 bits per heavy atom. The summed E-state index contributed by atoms with van der Waals surface area (Å²) in [4.78, 5) is 10.1. The zero-order valence-electron chi connectivity index (χ0n) is 8.27. The van der Waals surface area contributed by atoms with Crippen molar-refractivity contribution in [3.05, 3.63) is 39.9 Å². The van der Waals surface area contributed by atoms with Crippen molar-refractivity contribution in [2.75, 3.05) is 7.11 Å². The average molecular weight is 195 g/mol. The number of nitro benzene ring substituents is 1. The molecule has 0 aliphatic carbocycles. The van der Waals surface area contributed by atoms with Gasteiger partial charge in [0.25, 0.3) is 5.69 Å². The van der Waals surface area contributed by atoms with E-state index in [2.05, 4.69) is 0 Å². The van der Waals surface area contributed by atoms with Gasteiger partial charge in [0.15, 0.2) is 0 Å². The summed E-state index contributed by atoms with van der Waals surface area (Å²) in [6, 6.07) is 6.62. The Bertz CT molecular complexity index is 325. The summed E-state index contributed by atoms with van der Waals surface area (Å²) >= 11 is 0. The van der Waals surface area contributed by atoms with Crippen LogP contribution in [0.5, 0.6) is 0 Å². The number of ether oxygens (including phenoxy) is 1. The summed E-state index contributed by atoms with van der Waals surface area (Å²) in [5.74, 6) is 0. The molecule has 0 N–H and O–H groups in total. The maximum atomic E-state index is 10.5. The lowest BCUT2D eigenvalue weighted by Gasteiger charge is -2.08. The smallest absolute Gasteiger partial charge is 0.269 e. The van der Waals surface area contributed by atoms with Crippen LogP contribution in [0, 0.1) is 10.1 Å². The molecule has 1 atom stereocenters. The molecular weight excluding hydrogens is 182 g/mol. The standard InChI is InChI=1S/C10H13NO3/c1-8(14-2)6-9-4-3-5-10(7-9)11(12)13/h3-5,7-8H,6H2,1-2H3. The monoisotopic (exact) mass is 195 g/mol. The van der Waals surface area contributed by atoms with Gasteiger partial charge in [0.1, 0.15) is 0 Å². The van der Waals surface area contributed by atoms with E-state index in [0.717, 1.165) is 5.56 Å². The molecule has 1 unspecified atom stereocenters. The third-order valence-corrected chi connectivity index (χ3v) is 2.05. The second kappa shape index (κ2) is 4.72. The van der Waals surface area contributed by atoms with Crippen molar-refractivity contribution in [3.8, 4) is 0 Å². The van der Waals surface area contributed by atoms with Crippen molar-refractivity contribution in [1.82, 2.24) is 0 Å². The molecule has 14 heavy (non-hydrogen) atoms. The molecule has 0 heterocycles. The number of rotatable bonds is 4. The van der Waals surface area contributed by atoms with Gasteiger partial charge in [-0.2, -0.15) is 0 Å². The zero-order valence-corrected chi connectivity index (χ0v) is 8.27. The molecule has 0 aromatic heterocycles. The first-order chi connectivity index (χ1) is 6.63.